The SMILES string of the molecule is CCCCOc1cc(C)ccc1-c1nc2ncccc2[nH]1.Cl. The highest BCUT2D eigenvalue weighted by atomic mass is 35.5. The third-order valence-electron chi connectivity index (χ3n) is 3.41. The molecule has 0 atom stereocenters. The molecule has 0 bridgehead atoms. The molecule has 1 aromatic carbocycles. The number of hydrogen-bond donors (Lipinski definition) is 1. The molecule has 3 aromatic rings. The number of unbranched alkanes of at least 4 members (excludes halogenated alkanes) is 1. The smallest absolute Gasteiger partial charge is 0.178 e. The monoisotopic (exact) mass is 317 g/mol. The molecule has 0 amide bonds. The molecule has 0 aliphatic rings. The summed E-state index contributed by atoms with van der Waals surface area (Å²) in [6.45, 7) is 4.95. The summed E-state index contributed by atoms with van der Waals surface area (Å²) in [5, 5.41) is 0. The summed E-state index contributed by atoms with van der Waals surface area (Å²) >= 11 is 0. The summed E-state index contributed by atoms with van der Waals surface area (Å²) in [7, 11) is 0. The largest absolute Gasteiger partial charge is 0.493 e. The van der Waals surface area contributed by atoms with Crippen LogP contribution in [0.25, 0.3) is 22.6 Å². The van der Waals surface area contributed by atoms with E-state index in [1.54, 1.807) is 6.20 Å². The zero-order valence-electron chi connectivity index (χ0n) is 12.8. The zero-order valence-corrected chi connectivity index (χ0v) is 13.6. The average Bonchev–Trinajstić information content (AvgIpc) is 2.91. The van der Waals surface area contributed by atoms with Crippen molar-refractivity contribution in [2.24, 2.45) is 0 Å². The molecule has 0 spiro atoms. The maximum absolute atomic E-state index is 5.93. The molecule has 2 heterocycles. The highest BCUT2D eigenvalue weighted by molar-refractivity contribution is 5.85. The van der Waals surface area contributed by atoms with Gasteiger partial charge in [-0.3, -0.25) is 0 Å². The number of fused-ring (bicyclic) bond motifs is 1. The second-order valence-corrected chi connectivity index (χ2v) is 5.16. The van der Waals surface area contributed by atoms with Crippen LogP contribution >= 0.6 is 12.4 Å². The van der Waals surface area contributed by atoms with Crippen molar-refractivity contribution in [1.29, 1.82) is 0 Å². The molecule has 0 saturated heterocycles. The van der Waals surface area contributed by atoms with Gasteiger partial charge in [0.1, 0.15) is 11.6 Å². The summed E-state index contributed by atoms with van der Waals surface area (Å²) in [5.74, 6) is 1.68. The van der Waals surface area contributed by atoms with Crippen molar-refractivity contribution < 1.29 is 4.74 Å². The van der Waals surface area contributed by atoms with Gasteiger partial charge in [0.05, 0.1) is 17.7 Å². The number of rotatable bonds is 5. The molecule has 0 saturated carbocycles. The first kappa shape index (κ1) is 16.3. The number of aromatic nitrogens is 3. The van der Waals surface area contributed by atoms with Gasteiger partial charge in [-0.2, -0.15) is 0 Å². The predicted octanol–water partition coefficient (Wildman–Crippen LogP) is 4.53. The Morgan fingerprint density at radius 3 is 2.86 bits per heavy atom. The molecule has 0 aliphatic heterocycles. The minimum absolute atomic E-state index is 0. The number of aromatic amines is 1. The van der Waals surface area contributed by atoms with Crippen LogP contribution in [0.4, 0.5) is 0 Å². The van der Waals surface area contributed by atoms with Gasteiger partial charge in [0.2, 0.25) is 0 Å². The zero-order chi connectivity index (χ0) is 14.7. The van der Waals surface area contributed by atoms with Crippen LogP contribution in [0.3, 0.4) is 0 Å². The number of hydrogen-bond acceptors (Lipinski definition) is 3. The molecule has 0 radical (unpaired) electrons. The topological polar surface area (TPSA) is 50.8 Å². The first-order chi connectivity index (χ1) is 10.3. The first-order valence-corrected chi connectivity index (χ1v) is 7.32. The van der Waals surface area contributed by atoms with Crippen LogP contribution in [0, 0.1) is 6.92 Å². The molecular weight excluding hydrogens is 298 g/mol. The van der Waals surface area contributed by atoms with Gasteiger partial charge in [-0.25, -0.2) is 9.97 Å². The van der Waals surface area contributed by atoms with E-state index in [1.807, 2.05) is 18.2 Å². The van der Waals surface area contributed by atoms with E-state index >= 15 is 0 Å². The third kappa shape index (κ3) is 3.39. The van der Waals surface area contributed by atoms with Gasteiger partial charge < -0.3 is 9.72 Å². The number of H-pyrrole nitrogens is 1. The lowest BCUT2D eigenvalue weighted by Gasteiger charge is -2.10. The molecule has 0 aliphatic carbocycles. The van der Waals surface area contributed by atoms with Gasteiger partial charge in [-0.1, -0.05) is 19.4 Å². The first-order valence-electron chi connectivity index (χ1n) is 7.32. The molecule has 1 N–H and O–H groups in total. The fourth-order valence-corrected chi connectivity index (χ4v) is 2.24. The van der Waals surface area contributed by atoms with Crippen LogP contribution < -0.4 is 4.74 Å². The van der Waals surface area contributed by atoms with Gasteiger partial charge in [0, 0.05) is 6.20 Å². The normalized spacial score (nSPS) is 10.5. The molecule has 2 aromatic heterocycles. The summed E-state index contributed by atoms with van der Waals surface area (Å²) in [5.41, 5.74) is 3.83. The highest BCUT2D eigenvalue weighted by Gasteiger charge is 2.11. The minimum Gasteiger partial charge on any atom is -0.493 e. The Balaban J connectivity index is 0.00000176. The fraction of sp³-hybridized carbons (Fsp3) is 0.294. The highest BCUT2D eigenvalue weighted by Crippen LogP contribution is 2.30. The average molecular weight is 318 g/mol. The van der Waals surface area contributed by atoms with E-state index in [0.717, 1.165) is 47.7 Å². The van der Waals surface area contributed by atoms with Gasteiger partial charge in [0.15, 0.2) is 5.65 Å². The molecule has 116 valence electrons. The lowest BCUT2D eigenvalue weighted by Crippen LogP contribution is -1.99. The number of pyridine rings is 1. The van der Waals surface area contributed by atoms with Gasteiger partial charge >= 0.3 is 0 Å². The standard InChI is InChI=1S/C17H19N3O.ClH/c1-3-4-10-21-15-11-12(2)7-8-13(15)16-19-14-6-5-9-18-17(14)20-16;/h5-9,11H,3-4,10H2,1-2H3,(H,18,19,20);1H. The van der Waals surface area contributed by atoms with Crippen LogP contribution in [0.15, 0.2) is 36.5 Å². The Labute approximate surface area is 136 Å². The lowest BCUT2D eigenvalue weighted by atomic mass is 10.1. The number of nitrogens with zero attached hydrogens (tertiary/aromatic N) is 2. The molecular formula is C17H20ClN3O. The molecule has 3 rings (SSSR count). The van der Waals surface area contributed by atoms with Crippen LogP contribution in [0.1, 0.15) is 25.3 Å². The number of ether oxygens (including phenoxy) is 1. The molecule has 4 nitrogen and oxygen atoms in total. The van der Waals surface area contributed by atoms with Crippen LogP contribution in [0.2, 0.25) is 0 Å². The predicted molar refractivity (Wildman–Crippen MR) is 91.7 cm³/mol. The number of imidazole rings is 1. The lowest BCUT2D eigenvalue weighted by molar-refractivity contribution is 0.310. The van der Waals surface area contributed by atoms with E-state index in [2.05, 4.69) is 40.9 Å². The fourth-order valence-electron chi connectivity index (χ4n) is 2.24. The Bertz CT molecular complexity index is 721. The van der Waals surface area contributed by atoms with Crippen molar-refractivity contribution in [2.45, 2.75) is 26.7 Å². The summed E-state index contributed by atoms with van der Waals surface area (Å²) in [4.78, 5) is 12.1. The third-order valence-corrected chi connectivity index (χ3v) is 3.41. The summed E-state index contributed by atoms with van der Waals surface area (Å²) < 4.78 is 5.93. The van der Waals surface area contributed by atoms with Gasteiger partial charge in [0.25, 0.3) is 0 Å². The maximum Gasteiger partial charge on any atom is 0.178 e. The second-order valence-electron chi connectivity index (χ2n) is 5.16. The van der Waals surface area contributed by atoms with Crippen molar-refractivity contribution in [1.82, 2.24) is 15.0 Å². The van der Waals surface area contributed by atoms with Crippen molar-refractivity contribution in [3.8, 4) is 17.1 Å². The molecule has 5 heteroatoms. The van der Waals surface area contributed by atoms with Crippen molar-refractivity contribution in [2.75, 3.05) is 6.61 Å². The Hall–Kier alpha value is -2.07. The number of aryl methyl sites for hydroxylation is 1. The Morgan fingerprint density at radius 1 is 1.23 bits per heavy atom. The van der Waals surface area contributed by atoms with E-state index in [9.17, 15) is 0 Å². The van der Waals surface area contributed by atoms with Crippen molar-refractivity contribution in [3.63, 3.8) is 0 Å². The van der Waals surface area contributed by atoms with Crippen LogP contribution in [-0.2, 0) is 0 Å². The Kier molecular flexibility index (Phi) is 5.39. The van der Waals surface area contributed by atoms with Crippen molar-refractivity contribution in [3.05, 3.63) is 42.1 Å². The molecule has 22 heavy (non-hydrogen) atoms. The Morgan fingerprint density at radius 2 is 2.09 bits per heavy atom. The van der Waals surface area contributed by atoms with Crippen LogP contribution in [0.5, 0.6) is 5.75 Å². The van der Waals surface area contributed by atoms with Crippen molar-refractivity contribution >= 4 is 23.6 Å². The number of benzene rings is 1. The second kappa shape index (κ2) is 7.27. The molecule has 0 unspecified atom stereocenters. The maximum atomic E-state index is 5.93. The van der Waals surface area contributed by atoms with Gasteiger partial charge in [-0.15, -0.1) is 12.4 Å². The van der Waals surface area contributed by atoms with E-state index in [-0.39, 0.29) is 12.4 Å². The van der Waals surface area contributed by atoms with Gasteiger partial charge in [-0.05, 0) is 43.2 Å². The van der Waals surface area contributed by atoms with E-state index in [0.29, 0.717) is 0 Å². The van der Waals surface area contributed by atoms with E-state index in [1.165, 1.54) is 5.56 Å². The van der Waals surface area contributed by atoms with E-state index < -0.39 is 0 Å². The number of nitrogens with one attached hydrogen (secondary N) is 1. The number of halogens is 1. The summed E-state index contributed by atoms with van der Waals surface area (Å²) in [6, 6.07) is 10.1. The minimum atomic E-state index is 0. The molecule has 0 fully saturated rings. The van der Waals surface area contributed by atoms with E-state index in [4.69, 9.17) is 4.74 Å². The quantitative estimate of drug-likeness (QED) is 0.703. The summed E-state index contributed by atoms with van der Waals surface area (Å²) in [6.07, 6.45) is 3.92. The van der Waals surface area contributed by atoms with Crippen LogP contribution in [-0.4, -0.2) is 21.6 Å².